The number of amides is 1. The summed E-state index contributed by atoms with van der Waals surface area (Å²) in [6.45, 7) is 2.66. The highest BCUT2D eigenvalue weighted by molar-refractivity contribution is 8.00. The molecule has 2 heterocycles. The number of ketones is 1. The second-order valence-electron chi connectivity index (χ2n) is 9.68. The molecule has 3 aromatic carbocycles. The summed E-state index contributed by atoms with van der Waals surface area (Å²) >= 11 is 20.9. The predicted octanol–water partition coefficient (Wildman–Crippen LogP) is 8.99. The molecule has 1 atom stereocenters. The number of nitrogens with zero attached hydrogens (tertiary/aromatic N) is 3. The van der Waals surface area contributed by atoms with E-state index in [2.05, 4.69) is 17.1 Å². The molecule has 12 heteroatoms. The van der Waals surface area contributed by atoms with Gasteiger partial charge in [0.15, 0.2) is 4.34 Å². The van der Waals surface area contributed by atoms with Gasteiger partial charge in [0.2, 0.25) is 5.13 Å². The molecule has 4 aromatic rings. The number of thioether (sulfide) groups is 1. The summed E-state index contributed by atoms with van der Waals surface area (Å²) in [5.41, 5.74) is 1.74. The molecule has 1 amide bonds. The minimum absolute atomic E-state index is 0.0622. The van der Waals surface area contributed by atoms with Crippen LogP contribution in [0.3, 0.4) is 0 Å². The molecule has 1 aliphatic rings. The van der Waals surface area contributed by atoms with Gasteiger partial charge in [0, 0.05) is 26.4 Å². The summed E-state index contributed by atoms with van der Waals surface area (Å²) < 4.78 is 6.54. The molecule has 1 aliphatic heterocycles. The van der Waals surface area contributed by atoms with E-state index in [1.807, 2.05) is 12.1 Å². The van der Waals surface area contributed by atoms with E-state index in [4.69, 9.17) is 39.5 Å². The molecule has 1 fully saturated rings. The summed E-state index contributed by atoms with van der Waals surface area (Å²) in [4.78, 5) is 28.4. The molecule has 7 nitrogen and oxygen atoms in total. The van der Waals surface area contributed by atoms with Crippen LogP contribution in [0, 0.1) is 0 Å². The second-order valence-corrected chi connectivity index (χ2v) is 13.1. The molecule has 0 aliphatic carbocycles. The Morgan fingerprint density at radius 2 is 1.77 bits per heavy atom. The van der Waals surface area contributed by atoms with E-state index in [0.717, 1.165) is 24.8 Å². The zero-order chi connectivity index (χ0) is 30.5. The Hall–Kier alpha value is -3.08. The van der Waals surface area contributed by atoms with Crippen LogP contribution in [0.4, 0.5) is 5.13 Å². The number of halogens is 3. The number of aliphatic hydroxyl groups is 1. The first kappa shape index (κ1) is 31.3. The van der Waals surface area contributed by atoms with E-state index in [-0.39, 0.29) is 16.5 Å². The summed E-state index contributed by atoms with van der Waals surface area (Å²) in [5.74, 6) is -0.861. The average Bonchev–Trinajstić information content (AvgIpc) is 3.57. The van der Waals surface area contributed by atoms with Crippen molar-refractivity contribution in [2.45, 2.75) is 42.3 Å². The van der Waals surface area contributed by atoms with Crippen molar-refractivity contribution < 1.29 is 19.4 Å². The molecule has 0 spiro atoms. The first-order valence-electron chi connectivity index (χ1n) is 13.5. The quantitative estimate of drug-likeness (QED) is 0.0424. The van der Waals surface area contributed by atoms with Crippen LogP contribution < -0.4 is 9.64 Å². The normalized spacial score (nSPS) is 16.2. The lowest BCUT2D eigenvalue weighted by Gasteiger charge is -2.23. The van der Waals surface area contributed by atoms with Crippen LogP contribution in [0.1, 0.15) is 48.9 Å². The standard InChI is InChI=1S/C31H26Cl3N3O4S2/c1-2-3-4-14-41-23-7-5-6-19(15-23)26-25(27(38)18-8-11-21(32)12-9-18)28(39)29(40)37(26)30-35-36-31(43-30)42-17-20-10-13-22(33)16-24(20)34/h5-13,15-16,26,38H,2-4,14,17H2,1H3. The first-order chi connectivity index (χ1) is 20.8. The van der Waals surface area contributed by atoms with Crippen LogP contribution >= 0.6 is 57.9 Å². The van der Waals surface area contributed by atoms with E-state index < -0.39 is 17.7 Å². The molecule has 5 rings (SSSR count). The van der Waals surface area contributed by atoms with Gasteiger partial charge in [0.05, 0.1) is 18.2 Å². The Morgan fingerprint density at radius 1 is 1.00 bits per heavy atom. The van der Waals surface area contributed by atoms with Gasteiger partial charge in [-0.1, -0.05) is 95.9 Å². The van der Waals surface area contributed by atoms with Crippen molar-refractivity contribution >= 4 is 80.5 Å². The molecule has 0 radical (unpaired) electrons. The fourth-order valence-corrected chi connectivity index (χ4v) is 7.11. The molecule has 1 unspecified atom stereocenters. The monoisotopic (exact) mass is 673 g/mol. The van der Waals surface area contributed by atoms with Gasteiger partial charge >= 0.3 is 5.91 Å². The van der Waals surface area contributed by atoms with Crippen LogP contribution in [-0.2, 0) is 15.3 Å². The zero-order valence-corrected chi connectivity index (χ0v) is 26.8. The van der Waals surface area contributed by atoms with Crippen molar-refractivity contribution in [1.82, 2.24) is 10.2 Å². The summed E-state index contributed by atoms with van der Waals surface area (Å²) in [6.07, 6.45) is 3.02. The van der Waals surface area contributed by atoms with E-state index in [9.17, 15) is 14.7 Å². The van der Waals surface area contributed by atoms with Crippen LogP contribution in [0.5, 0.6) is 5.75 Å². The minimum atomic E-state index is -0.966. The molecule has 222 valence electrons. The molecule has 1 saturated heterocycles. The average molecular weight is 675 g/mol. The van der Waals surface area contributed by atoms with E-state index >= 15 is 0 Å². The van der Waals surface area contributed by atoms with Crippen LogP contribution in [0.15, 0.2) is 76.6 Å². The van der Waals surface area contributed by atoms with Gasteiger partial charge in [-0.05, 0) is 66.1 Å². The number of carbonyl (C=O) groups excluding carboxylic acids is 2. The smallest absolute Gasteiger partial charge is 0.301 e. The maximum absolute atomic E-state index is 13.6. The maximum Gasteiger partial charge on any atom is 0.301 e. The van der Waals surface area contributed by atoms with Crippen molar-refractivity contribution in [3.63, 3.8) is 0 Å². The van der Waals surface area contributed by atoms with Gasteiger partial charge in [0.25, 0.3) is 5.78 Å². The third-order valence-electron chi connectivity index (χ3n) is 6.72. The van der Waals surface area contributed by atoms with E-state index in [1.165, 1.54) is 28.0 Å². The first-order valence-corrected chi connectivity index (χ1v) is 16.4. The van der Waals surface area contributed by atoms with E-state index in [0.29, 0.717) is 48.6 Å². The highest BCUT2D eigenvalue weighted by Gasteiger charge is 2.48. The Morgan fingerprint density at radius 3 is 2.51 bits per heavy atom. The number of aliphatic hydroxyl groups excluding tert-OH is 1. The lowest BCUT2D eigenvalue weighted by molar-refractivity contribution is -0.132. The van der Waals surface area contributed by atoms with Crippen LogP contribution in [-0.4, -0.2) is 33.6 Å². The number of Topliss-reactive ketones (excluding diaryl/α,β-unsaturated/α-hetero) is 1. The summed E-state index contributed by atoms with van der Waals surface area (Å²) in [5, 5.41) is 21.7. The van der Waals surface area contributed by atoms with Gasteiger partial charge in [0.1, 0.15) is 11.5 Å². The minimum Gasteiger partial charge on any atom is -0.507 e. The predicted molar refractivity (Wildman–Crippen MR) is 174 cm³/mol. The molecule has 1 aromatic heterocycles. The van der Waals surface area contributed by atoms with Crippen molar-refractivity contribution in [2.24, 2.45) is 0 Å². The van der Waals surface area contributed by atoms with Crippen LogP contribution in [0.2, 0.25) is 15.1 Å². The Bertz CT molecular complexity index is 1680. The van der Waals surface area contributed by atoms with Gasteiger partial charge in [-0.3, -0.25) is 14.5 Å². The number of anilines is 1. The van der Waals surface area contributed by atoms with Crippen molar-refractivity contribution in [3.05, 3.63) is 104 Å². The van der Waals surface area contributed by atoms with Gasteiger partial charge in [-0.15, -0.1) is 10.2 Å². The highest BCUT2D eigenvalue weighted by atomic mass is 35.5. The lowest BCUT2D eigenvalue weighted by atomic mass is 9.95. The lowest BCUT2D eigenvalue weighted by Crippen LogP contribution is -2.29. The van der Waals surface area contributed by atoms with Crippen molar-refractivity contribution in [1.29, 1.82) is 0 Å². The third kappa shape index (κ3) is 7.19. The highest BCUT2D eigenvalue weighted by Crippen LogP contribution is 2.45. The van der Waals surface area contributed by atoms with Crippen molar-refractivity contribution in [2.75, 3.05) is 11.5 Å². The van der Waals surface area contributed by atoms with Gasteiger partial charge in [-0.2, -0.15) is 0 Å². The number of benzene rings is 3. The molecule has 0 saturated carbocycles. The maximum atomic E-state index is 13.6. The zero-order valence-electron chi connectivity index (χ0n) is 22.9. The topological polar surface area (TPSA) is 92.6 Å². The van der Waals surface area contributed by atoms with Crippen LogP contribution in [0.25, 0.3) is 5.76 Å². The largest absolute Gasteiger partial charge is 0.507 e. The van der Waals surface area contributed by atoms with Gasteiger partial charge in [-0.25, -0.2) is 0 Å². The molecule has 43 heavy (non-hydrogen) atoms. The number of unbranched alkanes of at least 4 members (excludes halogenated alkanes) is 2. The molecule has 1 N–H and O–H groups in total. The van der Waals surface area contributed by atoms with Crippen molar-refractivity contribution in [3.8, 4) is 5.75 Å². The number of rotatable bonds is 11. The number of carbonyl (C=O) groups is 2. The number of aromatic nitrogens is 2. The Kier molecular flexibility index (Phi) is 10.3. The number of hydrogen-bond donors (Lipinski definition) is 1. The molecule has 0 bridgehead atoms. The number of hydrogen-bond acceptors (Lipinski definition) is 8. The molecular weight excluding hydrogens is 649 g/mol. The molecular formula is C31H26Cl3N3O4S2. The summed E-state index contributed by atoms with van der Waals surface area (Å²) in [6, 6.07) is 17.9. The Labute approximate surface area is 272 Å². The third-order valence-corrected chi connectivity index (χ3v) is 9.66. The van der Waals surface area contributed by atoms with Gasteiger partial charge < -0.3 is 9.84 Å². The summed E-state index contributed by atoms with van der Waals surface area (Å²) in [7, 11) is 0. The Balaban J connectivity index is 1.51. The SMILES string of the molecule is CCCCCOc1cccc(C2C(=C(O)c3ccc(Cl)cc3)C(=O)C(=O)N2c2nnc(SCc3ccc(Cl)cc3Cl)s2)c1. The fourth-order valence-electron chi connectivity index (χ4n) is 4.56. The van der Waals surface area contributed by atoms with E-state index in [1.54, 1.807) is 54.6 Å². The fraction of sp³-hybridized carbons (Fsp3) is 0.226. The number of ether oxygens (including phenoxy) is 1. The second kappa shape index (κ2) is 14.1.